The van der Waals surface area contributed by atoms with Gasteiger partial charge in [0.2, 0.25) is 0 Å². The molecule has 0 aliphatic carbocycles. The number of hydrogen-bond acceptors (Lipinski definition) is 3. The third-order valence-electron chi connectivity index (χ3n) is 2.71. The molecule has 0 aliphatic heterocycles. The molecule has 0 radical (unpaired) electrons. The van der Waals surface area contributed by atoms with Gasteiger partial charge in [0.1, 0.15) is 0 Å². The Balaban J connectivity index is 2.38. The summed E-state index contributed by atoms with van der Waals surface area (Å²) >= 11 is 6.58. The van der Waals surface area contributed by atoms with Gasteiger partial charge in [0.05, 0.1) is 10.6 Å². The quantitative estimate of drug-likeness (QED) is 0.741. The fraction of sp³-hybridized carbons (Fsp3) is 0.0769. The second-order valence-electron chi connectivity index (χ2n) is 4.25. The molecule has 0 unspecified atom stereocenters. The summed E-state index contributed by atoms with van der Waals surface area (Å²) in [5, 5.41) is 0. The minimum atomic E-state index is -3.65. The summed E-state index contributed by atoms with van der Waals surface area (Å²) in [6, 6.07) is 9.85. The second-order valence-corrected chi connectivity index (χ2v) is 7.70. The summed E-state index contributed by atoms with van der Waals surface area (Å²) in [5.41, 5.74) is 7.45. The highest BCUT2D eigenvalue weighted by Crippen LogP contribution is 2.26. The van der Waals surface area contributed by atoms with E-state index in [4.69, 9.17) is 5.73 Å². The number of aryl methyl sites for hydroxylation is 1. The van der Waals surface area contributed by atoms with Crippen LogP contribution in [0, 0.1) is 6.92 Å². The van der Waals surface area contributed by atoms with Crippen molar-refractivity contribution in [1.29, 1.82) is 0 Å². The molecule has 0 bridgehead atoms. The van der Waals surface area contributed by atoms with Crippen molar-refractivity contribution < 1.29 is 8.42 Å². The second kappa shape index (κ2) is 5.75. The molecule has 7 heteroatoms. The van der Waals surface area contributed by atoms with Gasteiger partial charge in [0, 0.05) is 14.6 Å². The first-order valence-electron chi connectivity index (χ1n) is 5.63. The van der Waals surface area contributed by atoms with Gasteiger partial charge in [0.25, 0.3) is 10.0 Å². The molecule has 2 rings (SSSR count). The molecule has 2 aromatic carbocycles. The maximum absolute atomic E-state index is 12.3. The van der Waals surface area contributed by atoms with Crippen LogP contribution in [0.25, 0.3) is 0 Å². The number of sulfonamides is 1. The Hall–Kier alpha value is -1.05. The zero-order valence-corrected chi connectivity index (χ0v) is 14.5. The molecule has 0 saturated heterocycles. The van der Waals surface area contributed by atoms with Crippen LogP contribution in [0.15, 0.2) is 50.2 Å². The van der Waals surface area contributed by atoms with E-state index in [1.165, 1.54) is 12.1 Å². The first kappa shape index (κ1) is 15.3. The van der Waals surface area contributed by atoms with Crippen molar-refractivity contribution in [3.63, 3.8) is 0 Å². The molecule has 2 aromatic rings. The lowest BCUT2D eigenvalue weighted by Crippen LogP contribution is -2.14. The summed E-state index contributed by atoms with van der Waals surface area (Å²) in [5.74, 6) is 0. The highest BCUT2D eigenvalue weighted by atomic mass is 79.9. The molecule has 4 nitrogen and oxygen atoms in total. The lowest BCUT2D eigenvalue weighted by molar-refractivity contribution is 0.601. The number of nitrogens with two attached hydrogens (primary N) is 1. The van der Waals surface area contributed by atoms with Crippen molar-refractivity contribution in [3.05, 3.63) is 50.9 Å². The van der Waals surface area contributed by atoms with E-state index in [2.05, 4.69) is 36.6 Å². The van der Waals surface area contributed by atoms with E-state index in [0.29, 0.717) is 15.8 Å². The molecule has 0 atom stereocenters. The standard InChI is InChI=1S/C13H12Br2N2O2S/c1-8-6-9(14)2-5-13(8)17-20(18,19)10-3-4-11(15)12(16)7-10/h2-7,17H,16H2,1H3. The first-order valence-corrected chi connectivity index (χ1v) is 8.70. The minimum absolute atomic E-state index is 0.125. The van der Waals surface area contributed by atoms with Crippen LogP contribution in [0.2, 0.25) is 0 Å². The highest BCUT2D eigenvalue weighted by Gasteiger charge is 2.16. The number of nitrogen functional groups attached to an aromatic ring is 1. The van der Waals surface area contributed by atoms with Gasteiger partial charge in [-0.05, 0) is 64.8 Å². The van der Waals surface area contributed by atoms with Crippen LogP contribution in [0.1, 0.15) is 5.56 Å². The molecule has 0 amide bonds. The minimum Gasteiger partial charge on any atom is -0.398 e. The normalized spacial score (nSPS) is 11.3. The summed E-state index contributed by atoms with van der Waals surface area (Å²) in [6.45, 7) is 1.83. The molecule has 0 heterocycles. The van der Waals surface area contributed by atoms with Crippen molar-refractivity contribution in [2.45, 2.75) is 11.8 Å². The van der Waals surface area contributed by atoms with E-state index in [-0.39, 0.29) is 4.90 Å². The highest BCUT2D eigenvalue weighted by molar-refractivity contribution is 9.10. The van der Waals surface area contributed by atoms with Crippen LogP contribution in [-0.4, -0.2) is 8.42 Å². The van der Waals surface area contributed by atoms with Gasteiger partial charge < -0.3 is 5.73 Å². The van der Waals surface area contributed by atoms with Crippen LogP contribution >= 0.6 is 31.9 Å². The third kappa shape index (κ3) is 3.34. The summed E-state index contributed by atoms with van der Waals surface area (Å²) in [6.07, 6.45) is 0. The largest absolute Gasteiger partial charge is 0.398 e. The van der Waals surface area contributed by atoms with Crippen LogP contribution in [0.3, 0.4) is 0 Å². The smallest absolute Gasteiger partial charge is 0.261 e. The molecule has 0 saturated carbocycles. The number of halogens is 2. The van der Waals surface area contributed by atoms with Gasteiger partial charge in [-0.1, -0.05) is 15.9 Å². The van der Waals surface area contributed by atoms with E-state index >= 15 is 0 Å². The lowest BCUT2D eigenvalue weighted by atomic mass is 10.2. The van der Waals surface area contributed by atoms with Gasteiger partial charge in [-0.2, -0.15) is 0 Å². The zero-order chi connectivity index (χ0) is 14.9. The number of nitrogens with one attached hydrogen (secondary N) is 1. The molecular formula is C13H12Br2N2O2S. The van der Waals surface area contributed by atoms with Gasteiger partial charge in [-0.3, -0.25) is 4.72 Å². The Morgan fingerprint density at radius 2 is 1.80 bits per heavy atom. The van der Waals surface area contributed by atoms with Gasteiger partial charge in [-0.25, -0.2) is 8.42 Å². The maximum atomic E-state index is 12.3. The van der Waals surface area contributed by atoms with Crippen LogP contribution in [0.5, 0.6) is 0 Å². The monoisotopic (exact) mass is 418 g/mol. The van der Waals surface area contributed by atoms with E-state index in [1.807, 2.05) is 13.0 Å². The number of benzene rings is 2. The Morgan fingerprint density at radius 1 is 1.10 bits per heavy atom. The topological polar surface area (TPSA) is 72.2 Å². The molecular weight excluding hydrogens is 408 g/mol. The van der Waals surface area contributed by atoms with Crippen molar-refractivity contribution in [1.82, 2.24) is 0 Å². The third-order valence-corrected chi connectivity index (χ3v) is 5.29. The van der Waals surface area contributed by atoms with Gasteiger partial charge in [-0.15, -0.1) is 0 Å². The van der Waals surface area contributed by atoms with Crippen molar-refractivity contribution in [2.75, 3.05) is 10.5 Å². The Bertz CT molecular complexity index is 761. The Kier molecular flexibility index (Phi) is 4.41. The Morgan fingerprint density at radius 3 is 2.40 bits per heavy atom. The van der Waals surface area contributed by atoms with E-state index < -0.39 is 10.0 Å². The molecule has 0 spiro atoms. The lowest BCUT2D eigenvalue weighted by Gasteiger charge is -2.11. The molecule has 0 aliphatic rings. The molecule has 20 heavy (non-hydrogen) atoms. The first-order chi connectivity index (χ1) is 9.29. The van der Waals surface area contributed by atoms with E-state index in [9.17, 15) is 8.42 Å². The van der Waals surface area contributed by atoms with Gasteiger partial charge in [0.15, 0.2) is 0 Å². The van der Waals surface area contributed by atoms with Crippen molar-refractivity contribution in [3.8, 4) is 0 Å². The number of anilines is 2. The maximum Gasteiger partial charge on any atom is 0.261 e. The zero-order valence-electron chi connectivity index (χ0n) is 10.5. The summed E-state index contributed by atoms with van der Waals surface area (Å²) in [7, 11) is -3.65. The Labute approximate surface area is 134 Å². The van der Waals surface area contributed by atoms with Crippen LogP contribution < -0.4 is 10.5 Å². The SMILES string of the molecule is Cc1cc(Br)ccc1NS(=O)(=O)c1ccc(Br)c(N)c1. The molecule has 3 N–H and O–H groups in total. The van der Waals surface area contributed by atoms with Gasteiger partial charge >= 0.3 is 0 Å². The number of rotatable bonds is 3. The summed E-state index contributed by atoms with van der Waals surface area (Å²) < 4.78 is 28.7. The van der Waals surface area contributed by atoms with Crippen molar-refractivity contribution in [2.24, 2.45) is 0 Å². The molecule has 106 valence electrons. The average molecular weight is 420 g/mol. The number of hydrogen-bond donors (Lipinski definition) is 2. The predicted octanol–water partition coefficient (Wildman–Crippen LogP) is 3.90. The molecule has 0 aromatic heterocycles. The fourth-order valence-electron chi connectivity index (χ4n) is 1.63. The molecule has 0 fully saturated rings. The fourth-order valence-corrected chi connectivity index (χ4v) is 3.52. The van der Waals surface area contributed by atoms with E-state index in [1.54, 1.807) is 18.2 Å². The van der Waals surface area contributed by atoms with Crippen LogP contribution in [0.4, 0.5) is 11.4 Å². The average Bonchev–Trinajstić information content (AvgIpc) is 2.36. The predicted molar refractivity (Wildman–Crippen MR) is 88.2 cm³/mol. The van der Waals surface area contributed by atoms with Crippen molar-refractivity contribution >= 4 is 53.3 Å². The van der Waals surface area contributed by atoms with E-state index in [0.717, 1.165) is 10.0 Å². The summed E-state index contributed by atoms with van der Waals surface area (Å²) in [4.78, 5) is 0.125. The van der Waals surface area contributed by atoms with Crippen LogP contribution in [-0.2, 0) is 10.0 Å².